The van der Waals surface area contributed by atoms with Gasteiger partial charge in [0.05, 0.1) is 5.69 Å². The molecule has 3 heteroatoms. The molecule has 15 heavy (non-hydrogen) atoms. The monoisotopic (exact) mass is 205 g/mol. The maximum atomic E-state index is 4.45. The van der Waals surface area contributed by atoms with E-state index >= 15 is 0 Å². The van der Waals surface area contributed by atoms with Gasteiger partial charge in [-0.05, 0) is 44.1 Å². The zero-order valence-electron chi connectivity index (χ0n) is 9.18. The number of fused-ring (bicyclic) bond motifs is 1. The second kappa shape index (κ2) is 3.97. The highest BCUT2D eigenvalue weighted by atomic mass is 15.1. The summed E-state index contributed by atoms with van der Waals surface area (Å²) in [6.45, 7) is 0.969. The highest BCUT2D eigenvalue weighted by molar-refractivity contribution is 5.26. The molecule has 0 aromatic carbocycles. The summed E-state index contributed by atoms with van der Waals surface area (Å²) in [6.07, 6.45) is 9.17. The number of nitrogens with one attached hydrogen (secondary N) is 2. The van der Waals surface area contributed by atoms with E-state index in [1.807, 2.05) is 0 Å². The molecule has 1 aromatic heterocycles. The van der Waals surface area contributed by atoms with Gasteiger partial charge in [-0.3, -0.25) is 5.10 Å². The molecule has 1 saturated carbocycles. The van der Waals surface area contributed by atoms with E-state index in [1.165, 1.54) is 61.9 Å². The second-order valence-corrected chi connectivity index (χ2v) is 4.84. The Kier molecular flexibility index (Phi) is 2.49. The van der Waals surface area contributed by atoms with E-state index in [0.29, 0.717) is 0 Å². The Hall–Kier alpha value is -0.830. The topological polar surface area (TPSA) is 40.7 Å². The molecule has 3 rings (SSSR count). The van der Waals surface area contributed by atoms with Crippen LogP contribution in [-0.2, 0) is 19.4 Å². The number of nitrogens with zero attached hydrogens (tertiary/aromatic N) is 1. The summed E-state index contributed by atoms with van der Waals surface area (Å²) in [5.41, 5.74) is 4.19. The van der Waals surface area contributed by atoms with Crippen LogP contribution in [0.5, 0.6) is 0 Å². The SMILES string of the molecule is C1CCc2[nH]nc(CNC3CC3)c2CC1. The minimum Gasteiger partial charge on any atom is -0.308 e. The van der Waals surface area contributed by atoms with E-state index in [9.17, 15) is 0 Å². The molecule has 0 amide bonds. The molecule has 1 heterocycles. The number of rotatable bonds is 3. The van der Waals surface area contributed by atoms with Gasteiger partial charge in [-0.15, -0.1) is 0 Å². The van der Waals surface area contributed by atoms with Crippen molar-refractivity contribution in [2.75, 3.05) is 0 Å². The van der Waals surface area contributed by atoms with Gasteiger partial charge in [-0.25, -0.2) is 0 Å². The lowest BCUT2D eigenvalue weighted by Gasteiger charge is -2.03. The van der Waals surface area contributed by atoms with Crippen LogP contribution in [0, 0.1) is 0 Å². The van der Waals surface area contributed by atoms with Gasteiger partial charge in [0.2, 0.25) is 0 Å². The Balaban J connectivity index is 1.72. The first-order valence-electron chi connectivity index (χ1n) is 6.22. The molecule has 1 fully saturated rings. The van der Waals surface area contributed by atoms with Gasteiger partial charge in [0.25, 0.3) is 0 Å². The van der Waals surface area contributed by atoms with Crippen LogP contribution in [0.3, 0.4) is 0 Å². The minimum absolute atomic E-state index is 0.781. The Labute approximate surface area is 90.7 Å². The van der Waals surface area contributed by atoms with Crippen molar-refractivity contribution in [2.45, 2.75) is 57.5 Å². The number of aromatic nitrogens is 2. The van der Waals surface area contributed by atoms with Crippen molar-refractivity contribution in [2.24, 2.45) is 0 Å². The molecule has 0 saturated heterocycles. The minimum atomic E-state index is 0.781. The summed E-state index contributed by atoms with van der Waals surface area (Å²) in [6, 6.07) is 0.781. The van der Waals surface area contributed by atoms with Gasteiger partial charge in [0, 0.05) is 18.3 Å². The molecule has 0 unspecified atom stereocenters. The third kappa shape index (κ3) is 2.07. The van der Waals surface area contributed by atoms with Crippen molar-refractivity contribution in [3.63, 3.8) is 0 Å². The Morgan fingerprint density at radius 1 is 1.20 bits per heavy atom. The molecule has 0 aliphatic heterocycles. The average molecular weight is 205 g/mol. The van der Waals surface area contributed by atoms with Crippen molar-refractivity contribution in [1.82, 2.24) is 15.5 Å². The first-order chi connectivity index (χ1) is 7.43. The Morgan fingerprint density at radius 3 is 2.93 bits per heavy atom. The maximum absolute atomic E-state index is 4.45. The zero-order chi connectivity index (χ0) is 10.1. The molecular weight excluding hydrogens is 186 g/mol. The first kappa shape index (κ1) is 9.40. The molecule has 0 bridgehead atoms. The molecule has 2 aliphatic rings. The van der Waals surface area contributed by atoms with Gasteiger partial charge < -0.3 is 5.32 Å². The van der Waals surface area contributed by atoms with Crippen LogP contribution in [0.25, 0.3) is 0 Å². The van der Waals surface area contributed by atoms with Gasteiger partial charge in [-0.1, -0.05) is 6.42 Å². The smallest absolute Gasteiger partial charge is 0.0794 e. The number of hydrogen-bond acceptors (Lipinski definition) is 2. The summed E-state index contributed by atoms with van der Waals surface area (Å²) in [4.78, 5) is 0. The zero-order valence-corrected chi connectivity index (χ0v) is 9.18. The highest BCUT2D eigenvalue weighted by Gasteiger charge is 2.22. The van der Waals surface area contributed by atoms with Crippen molar-refractivity contribution < 1.29 is 0 Å². The fourth-order valence-electron chi connectivity index (χ4n) is 2.40. The van der Waals surface area contributed by atoms with Crippen LogP contribution >= 0.6 is 0 Å². The quantitative estimate of drug-likeness (QED) is 0.740. The normalized spacial score (nSPS) is 21.1. The van der Waals surface area contributed by atoms with E-state index in [1.54, 1.807) is 0 Å². The van der Waals surface area contributed by atoms with Crippen LogP contribution in [0.2, 0.25) is 0 Å². The van der Waals surface area contributed by atoms with E-state index in [2.05, 4.69) is 15.5 Å². The van der Waals surface area contributed by atoms with Gasteiger partial charge in [0.15, 0.2) is 0 Å². The van der Waals surface area contributed by atoms with Gasteiger partial charge >= 0.3 is 0 Å². The summed E-state index contributed by atoms with van der Waals surface area (Å²) >= 11 is 0. The van der Waals surface area contributed by atoms with E-state index in [0.717, 1.165) is 12.6 Å². The van der Waals surface area contributed by atoms with Crippen molar-refractivity contribution in [3.05, 3.63) is 17.0 Å². The lowest BCUT2D eigenvalue weighted by Crippen LogP contribution is -2.16. The van der Waals surface area contributed by atoms with E-state index in [-0.39, 0.29) is 0 Å². The predicted molar refractivity (Wildman–Crippen MR) is 59.7 cm³/mol. The van der Waals surface area contributed by atoms with E-state index in [4.69, 9.17) is 0 Å². The van der Waals surface area contributed by atoms with Crippen LogP contribution in [0.15, 0.2) is 0 Å². The fraction of sp³-hybridized carbons (Fsp3) is 0.750. The highest BCUT2D eigenvalue weighted by Crippen LogP contribution is 2.23. The molecule has 2 aliphatic carbocycles. The standard InChI is InChI=1S/C12H19N3/c1-2-4-10-11(5-3-1)14-15-12(10)8-13-9-6-7-9/h9,13H,1-8H2,(H,14,15). The summed E-state index contributed by atoms with van der Waals surface area (Å²) in [5, 5.41) is 11.2. The lowest BCUT2D eigenvalue weighted by molar-refractivity contribution is 0.657. The van der Waals surface area contributed by atoms with Gasteiger partial charge in [0.1, 0.15) is 0 Å². The largest absolute Gasteiger partial charge is 0.308 e. The molecule has 82 valence electrons. The maximum Gasteiger partial charge on any atom is 0.0794 e. The lowest BCUT2D eigenvalue weighted by atomic mass is 10.1. The van der Waals surface area contributed by atoms with Crippen LogP contribution in [0.1, 0.15) is 49.1 Å². The Bertz CT molecular complexity index is 339. The van der Waals surface area contributed by atoms with E-state index < -0.39 is 0 Å². The second-order valence-electron chi connectivity index (χ2n) is 4.84. The van der Waals surface area contributed by atoms with Crippen molar-refractivity contribution >= 4 is 0 Å². The van der Waals surface area contributed by atoms with Crippen LogP contribution in [-0.4, -0.2) is 16.2 Å². The summed E-state index contributed by atoms with van der Waals surface area (Å²) < 4.78 is 0. The third-order valence-electron chi connectivity index (χ3n) is 3.53. The first-order valence-corrected chi connectivity index (χ1v) is 6.22. The van der Waals surface area contributed by atoms with Crippen LogP contribution < -0.4 is 5.32 Å². The average Bonchev–Trinajstić information content (AvgIpc) is 3.03. The Morgan fingerprint density at radius 2 is 2.07 bits per heavy atom. The summed E-state index contributed by atoms with van der Waals surface area (Å²) in [7, 11) is 0. The van der Waals surface area contributed by atoms with Crippen molar-refractivity contribution in [3.8, 4) is 0 Å². The molecule has 2 N–H and O–H groups in total. The molecule has 1 aromatic rings. The number of aryl methyl sites for hydroxylation is 1. The molecular formula is C12H19N3. The summed E-state index contributed by atoms with van der Waals surface area (Å²) in [5.74, 6) is 0. The molecule has 3 nitrogen and oxygen atoms in total. The molecule has 0 spiro atoms. The molecule has 0 atom stereocenters. The fourth-order valence-corrected chi connectivity index (χ4v) is 2.40. The number of H-pyrrole nitrogens is 1. The van der Waals surface area contributed by atoms with Crippen LogP contribution in [0.4, 0.5) is 0 Å². The number of aromatic amines is 1. The third-order valence-corrected chi connectivity index (χ3v) is 3.53. The number of hydrogen-bond donors (Lipinski definition) is 2. The molecule has 0 radical (unpaired) electrons. The van der Waals surface area contributed by atoms with Crippen molar-refractivity contribution in [1.29, 1.82) is 0 Å². The van der Waals surface area contributed by atoms with Gasteiger partial charge in [-0.2, -0.15) is 5.10 Å². The predicted octanol–water partition coefficient (Wildman–Crippen LogP) is 1.93.